The van der Waals surface area contributed by atoms with Gasteiger partial charge in [-0.25, -0.2) is 4.98 Å². The zero-order valence-electron chi connectivity index (χ0n) is 18.2. The van der Waals surface area contributed by atoms with Crippen LogP contribution in [0.3, 0.4) is 0 Å². The molecule has 0 radical (unpaired) electrons. The van der Waals surface area contributed by atoms with Crippen molar-refractivity contribution < 1.29 is 9.84 Å². The van der Waals surface area contributed by atoms with Crippen LogP contribution < -0.4 is 9.64 Å². The number of allylic oxidation sites excluding steroid dienone is 1. The van der Waals surface area contributed by atoms with E-state index in [1.165, 1.54) is 10.8 Å². The quantitative estimate of drug-likeness (QED) is 0.600. The molecule has 1 aromatic heterocycles. The number of aromatic nitrogens is 1. The highest BCUT2D eigenvalue weighted by molar-refractivity contribution is 5.93. The number of aliphatic hydroxyl groups is 1. The molecular formula is C26H31N3O2. The number of benzene rings is 2. The number of pyridine rings is 1. The summed E-state index contributed by atoms with van der Waals surface area (Å²) in [6.45, 7) is 7.83. The van der Waals surface area contributed by atoms with Gasteiger partial charge in [0, 0.05) is 31.6 Å². The standard InChI is InChI=1S/C26H31N3O2/c1-2-28-14-16-29(17-15-28)26-24-12-5-3-9-22(24)20-23(27-26)11-7-10-21-8-4-6-13-25(21)31-19-18-30/h3-9,11-13,20,30H,2,10,14-19H2,1H3/b11-7-. The predicted octanol–water partition coefficient (Wildman–Crippen LogP) is 4.00. The van der Waals surface area contributed by atoms with Crippen LogP contribution in [0, 0.1) is 0 Å². The van der Waals surface area contributed by atoms with Crippen molar-refractivity contribution >= 4 is 22.7 Å². The zero-order valence-corrected chi connectivity index (χ0v) is 18.2. The van der Waals surface area contributed by atoms with Gasteiger partial charge in [-0.15, -0.1) is 0 Å². The van der Waals surface area contributed by atoms with E-state index in [9.17, 15) is 0 Å². The van der Waals surface area contributed by atoms with Gasteiger partial charge >= 0.3 is 0 Å². The monoisotopic (exact) mass is 417 g/mol. The van der Waals surface area contributed by atoms with Crippen molar-refractivity contribution in [1.29, 1.82) is 0 Å². The van der Waals surface area contributed by atoms with Gasteiger partial charge in [-0.3, -0.25) is 0 Å². The van der Waals surface area contributed by atoms with Gasteiger partial charge in [0.15, 0.2) is 0 Å². The fraction of sp³-hybridized carbons (Fsp3) is 0.346. The number of piperazine rings is 1. The molecule has 2 heterocycles. The second kappa shape index (κ2) is 10.4. The van der Waals surface area contributed by atoms with E-state index in [-0.39, 0.29) is 6.61 Å². The average Bonchev–Trinajstić information content (AvgIpc) is 2.83. The molecular weight excluding hydrogens is 386 g/mol. The van der Waals surface area contributed by atoms with E-state index in [1.807, 2.05) is 18.2 Å². The number of ether oxygens (including phenoxy) is 1. The topological polar surface area (TPSA) is 48.8 Å². The summed E-state index contributed by atoms with van der Waals surface area (Å²) in [5.74, 6) is 1.90. The smallest absolute Gasteiger partial charge is 0.137 e. The molecule has 0 aliphatic carbocycles. The summed E-state index contributed by atoms with van der Waals surface area (Å²) in [6, 6.07) is 18.6. The SMILES string of the molecule is CCN1CCN(c2nc(/C=C\Cc3ccccc3OCCO)cc3ccccc23)CC1. The highest BCUT2D eigenvalue weighted by Gasteiger charge is 2.19. The van der Waals surface area contributed by atoms with Gasteiger partial charge < -0.3 is 19.6 Å². The van der Waals surface area contributed by atoms with Crippen molar-refractivity contribution in [3.05, 3.63) is 71.9 Å². The molecule has 5 heteroatoms. The Balaban J connectivity index is 1.56. The lowest BCUT2D eigenvalue weighted by atomic mass is 10.1. The van der Waals surface area contributed by atoms with Crippen LogP contribution in [0.5, 0.6) is 5.75 Å². The third-order valence-electron chi connectivity index (χ3n) is 5.81. The summed E-state index contributed by atoms with van der Waals surface area (Å²) >= 11 is 0. The molecule has 0 bridgehead atoms. The van der Waals surface area contributed by atoms with Crippen LogP contribution in [0.25, 0.3) is 16.8 Å². The number of rotatable bonds is 8. The van der Waals surface area contributed by atoms with Crippen LogP contribution in [-0.2, 0) is 6.42 Å². The third-order valence-corrected chi connectivity index (χ3v) is 5.81. The molecule has 31 heavy (non-hydrogen) atoms. The van der Waals surface area contributed by atoms with Crippen LogP contribution in [0.2, 0.25) is 0 Å². The molecule has 162 valence electrons. The summed E-state index contributed by atoms with van der Waals surface area (Å²) in [7, 11) is 0. The summed E-state index contributed by atoms with van der Waals surface area (Å²) in [5, 5.41) is 11.5. The molecule has 5 nitrogen and oxygen atoms in total. The Labute approximate surface area is 184 Å². The lowest BCUT2D eigenvalue weighted by Crippen LogP contribution is -2.46. The van der Waals surface area contributed by atoms with E-state index in [4.69, 9.17) is 14.8 Å². The summed E-state index contributed by atoms with van der Waals surface area (Å²) in [6.07, 6.45) is 4.98. The number of nitrogens with zero attached hydrogens (tertiary/aromatic N) is 3. The first-order chi connectivity index (χ1) is 15.3. The van der Waals surface area contributed by atoms with E-state index in [0.717, 1.165) is 62.0 Å². The molecule has 0 atom stereocenters. The lowest BCUT2D eigenvalue weighted by Gasteiger charge is -2.35. The van der Waals surface area contributed by atoms with Gasteiger partial charge in [-0.1, -0.05) is 55.5 Å². The van der Waals surface area contributed by atoms with E-state index in [2.05, 4.69) is 65.3 Å². The van der Waals surface area contributed by atoms with Crippen LogP contribution >= 0.6 is 0 Å². The van der Waals surface area contributed by atoms with Crippen molar-refractivity contribution in [2.75, 3.05) is 50.8 Å². The number of para-hydroxylation sites is 1. The number of fused-ring (bicyclic) bond motifs is 1. The molecule has 1 saturated heterocycles. The normalized spacial score (nSPS) is 15.1. The molecule has 2 aromatic carbocycles. The number of hydrogen-bond acceptors (Lipinski definition) is 5. The molecule has 3 aromatic rings. The lowest BCUT2D eigenvalue weighted by molar-refractivity contribution is 0.200. The van der Waals surface area contributed by atoms with Crippen molar-refractivity contribution in [3.8, 4) is 5.75 Å². The van der Waals surface area contributed by atoms with E-state index in [1.54, 1.807) is 0 Å². The summed E-state index contributed by atoms with van der Waals surface area (Å²) in [5.41, 5.74) is 2.07. The van der Waals surface area contributed by atoms with Crippen LogP contribution in [0.15, 0.2) is 60.7 Å². The zero-order chi connectivity index (χ0) is 21.5. The van der Waals surface area contributed by atoms with E-state index >= 15 is 0 Å². The predicted molar refractivity (Wildman–Crippen MR) is 128 cm³/mol. The minimum atomic E-state index is 0.0144. The van der Waals surface area contributed by atoms with Crippen molar-refractivity contribution in [2.24, 2.45) is 0 Å². The second-order valence-corrected chi connectivity index (χ2v) is 7.80. The summed E-state index contributed by atoms with van der Waals surface area (Å²) < 4.78 is 5.65. The maximum atomic E-state index is 9.04. The highest BCUT2D eigenvalue weighted by atomic mass is 16.5. The van der Waals surface area contributed by atoms with Gasteiger partial charge in [-0.05, 0) is 42.1 Å². The fourth-order valence-electron chi connectivity index (χ4n) is 4.08. The molecule has 0 spiro atoms. The summed E-state index contributed by atoms with van der Waals surface area (Å²) in [4.78, 5) is 9.94. The van der Waals surface area contributed by atoms with E-state index < -0.39 is 0 Å². The second-order valence-electron chi connectivity index (χ2n) is 7.80. The molecule has 1 aliphatic heterocycles. The number of aliphatic hydroxyl groups excluding tert-OH is 1. The Morgan fingerprint density at radius 3 is 2.61 bits per heavy atom. The van der Waals surface area contributed by atoms with Gasteiger partial charge in [0.25, 0.3) is 0 Å². The first-order valence-electron chi connectivity index (χ1n) is 11.1. The molecule has 1 aliphatic rings. The first-order valence-corrected chi connectivity index (χ1v) is 11.1. The Bertz CT molecular complexity index is 1030. The molecule has 0 saturated carbocycles. The molecule has 1 N–H and O–H groups in total. The first kappa shape index (κ1) is 21.3. The van der Waals surface area contributed by atoms with Crippen LogP contribution in [0.4, 0.5) is 5.82 Å². The average molecular weight is 418 g/mol. The minimum Gasteiger partial charge on any atom is -0.491 e. The molecule has 0 amide bonds. The minimum absolute atomic E-state index is 0.0144. The van der Waals surface area contributed by atoms with Crippen LogP contribution in [0.1, 0.15) is 18.2 Å². The number of anilines is 1. The number of likely N-dealkylation sites (N-methyl/N-ethyl adjacent to an activating group) is 1. The van der Waals surface area contributed by atoms with Gasteiger partial charge in [0.05, 0.1) is 12.3 Å². The molecule has 1 fully saturated rings. The van der Waals surface area contributed by atoms with Gasteiger partial charge in [-0.2, -0.15) is 0 Å². The largest absolute Gasteiger partial charge is 0.491 e. The molecule has 0 unspecified atom stereocenters. The fourth-order valence-corrected chi connectivity index (χ4v) is 4.08. The maximum absolute atomic E-state index is 9.04. The van der Waals surface area contributed by atoms with Crippen molar-refractivity contribution in [1.82, 2.24) is 9.88 Å². The Morgan fingerprint density at radius 2 is 1.81 bits per heavy atom. The van der Waals surface area contributed by atoms with Gasteiger partial charge in [0.2, 0.25) is 0 Å². The Kier molecular flexibility index (Phi) is 7.18. The van der Waals surface area contributed by atoms with E-state index in [0.29, 0.717) is 6.61 Å². The van der Waals surface area contributed by atoms with Gasteiger partial charge in [0.1, 0.15) is 18.2 Å². The molecule has 4 rings (SSSR count). The Morgan fingerprint density at radius 1 is 1.03 bits per heavy atom. The Hall–Kier alpha value is -2.89. The highest BCUT2D eigenvalue weighted by Crippen LogP contribution is 2.27. The number of hydrogen-bond donors (Lipinski definition) is 1. The van der Waals surface area contributed by atoms with Crippen molar-refractivity contribution in [3.63, 3.8) is 0 Å². The maximum Gasteiger partial charge on any atom is 0.137 e. The van der Waals surface area contributed by atoms with Crippen LogP contribution in [-0.4, -0.2) is 60.9 Å². The third kappa shape index (κ3) is 5.24. The van der Waals surface area contributed by atoms with Crippen molar-refractivity contribution in [2.45, 2.75) is 13.3 Å².